The van der Waals surface area contributed by atoms with Gasteiger partial charge < -0.3 is 10.2 Å². The van der Waals surface area contributed by atoms with Crippen LogP contribution in [0.2, 0.25) is 0 Å². The molecule has 0 aliphatic rings. The van der Waals surface area contributed by atoms with Crippen LogP contribution in [-0.4, -0.2) is 24.6 Å². The van der Waals surface area contributed by atoms with Crippen LogP contribution >= 0.6 is 11.3 Å². The number of aryl methyl sites for hydroxylation is 1. The summed E-state index contributed by atoms with van der Waals surface area (Å²) in [4.78, 5) is 8.47. The van der Waals surface area contributed by atoms with E-state index in [1.165, 1.54) is 17.0 Å². The van der Waals surface area contributed by atoms with E-state index in [4.69, 9.17) is 4.98 Å². The van der Waals surface area contributed by atoms with Crippen molar-refractivity contribution in [3.8, 4) is 0 Å². The van der Waals surface area contributed by atoms with Crippen molar-refractivity contribution in [3.05, 3.63) is 10.6 Å². The van der Waals surface area contributed by atoms with E-state index in [9.17, 15) is 0 Å². The predicted octanol–water partition coefficient (Wildman–Crippen LogP) is 3.44. The molecule has 0 unspecified atom stereocenters. The molecule has 1 heterocycles. The average Bonchev–Trinajstić information content (AvgIpc) is 2.72. The number of hydrogen-bond donors (Lipinski definition) is 1. The summed E-state index contributed by atoms with van der Waals surface area (Å²) in [6.07, 6.45) is 3.43. The molecule has 3 nitrogen and oxygen atoms in total. The molecule has 0 radical (unpaired) electrons. The van der Waals surface area contributed by atoms with Crippen LogP contribution in [0.5, 0.6) is 0 Å². The third-order valence-corrected chi connectivity index (χ3v) is 4.23. The Labute approximate surface area is 116 Å². The second-order valence-corrected chi connectivity index (χ2v) is 6.06. The molecule has 0 saturated carbocycles. The number of thiazole rings is 1. The number of aromatic nitrogens is 1. The highest BCUT2D eigenvalue weighted by Gasteiger charge is 2.14. The first kappa shape index (κ1) is 15.4. The van der Waals surface area contributed by atoms with Crippen LogP contribution in [0.1, 0.15) is 51.1 Å². The highest BCUT2D eigenvalue weighted by molar-refractivity contribution is 7.15. The standard InChI is InChI=1S/C14H27N3S/c1-6-8-12-13(10-15-9-7-2)18-14(16-12)17(5)11(3)4/h11,15H,6-10H2,1-5H3. The highest BCUT2D eigenvalue weighted by atomic mass is 32.1. The van der Waals surface area contributed by atoms with E-state index in [2.05, 4.69) is 45.0 Å². The van der Waals surface area contributed by atoms with Crippen molar-refractivity contribution in [2.24, 2.45) is 0 Å². The highest BCUT2D eigenvalue weighted by Crippen LogP contribution is 2.27. The van der Waals surface area contributed by atoms with E-state index >= 15 is 0 Å². The van der Waals surface area contributed by atoms with Crippen LogP contribution in [0.15, 0.2) is 0 Å². The summed E-state index contributed by atoms with van der Waals surface area (Å²) in [7, 11) is 2.13. The molecule has 1 rings (SSSR count). The van der Waals surface area contributed by atoms with Gasteiger partial charge in [0.05, 0.1) is 5.69 Å². The van der Waals surface area contributed by atoms with Gasteiger partial charge in [-0.3, -0.25) is 0 Å². The summed E-state index contributed by atoms with van der Waals surface area (Å²) in [5.74, 6) is 0. The SMILES string of the molecule is CCCNCc1sc(N(C)C(C)C)nc1CCC. The van der Waals surface area contributed by atoms with Crippen molar-refractivity contribution in [1.29, 1.82) is 0 Å². The minimum Gasteiger partial charge on any atom is -0.349 e. The number of anilines is 1. The van der Waals surface area contributed by atoms with Crippen LogP contribution in [0.4, 0.5) is 5.13 Å². The van der Waals surface area contributed by atoms with Gasteiger partial charge in [-0.1, -0.05) is 20.3 Å². The van der Waals surface area contributed by atoms with Gasteiger partial charge in [-0.2, -0.15) is 0 Å². The summed E-state index contributed by atoms with van der Waals surface area (Å²) in [6, 6.07) is 0.502. The molecule has 0 fully saturated rings. The average molecular weight is 269 g/mol. The quantitative estimate of drug-likeness (QED) is 0.733. The lowest BCUT2D eigenvalue weighted by atomic mass is 10.2. The second kappa shape index (κ2) is 7.74. The molecule has 0 amide bonds. The van der Waals surface area contributed by atoms with Crippen molar-refractivity contribution in [2.45, 2.75) is 59.5 Å². The molecule has 18 heavy (non-hydrogen) atoms. The van der Waals surface area contributed by atoms with Gasteiger partial charge in [0.2, 0.25) is 0 Å². The van der Waals surface area contributed by atoms with Crippen molar-refractivity contribution in [2.75, 3.05) is 18.5 Å². The Kier molecular flexibility index (Phi) is 6.65. The maximum Gasteiger partial charge on any atom is 0.185 e. The summed E-state index contributed by atoms with van der Waals surface area (Å²) in [5, 5.41) is 4.64. The minimum absolute atomic E-state index is 0.502. The maximum atomic E-state index is 4.80. The molecule has 0 aliphatic carbocycles. The Bertz CT molecular complexity index is 347. The van der Waals surface area contributed by atoms with Gasteiger partial charge in [0.25, 0.3) is 0 Å². The summed E-state index contributed by atoms with van der Waals surface area (Å²) < 4.78 is 0. The molecule has 0 aliphatic heterocycles. The Morgan fingerprint density at radius 3 is 2.56 bits per heavy atom. The fourth-order valence-corrected chi connectivity index (χ4v) is 2.86. The lowest BCUT2D eigenvalue weighted by molar-refractivity contribution is 0.674. The second-order valence-electron chi connectivity index (χ2n) is 5.00. The normalized spacial score (nSPS) is 11.2. The molecule has 0 bridgehead atoms. The van der Waals surface area contributed by atoms with E-state index in [0.717, 1.165) is 31.1 Å². The zero-order valence-corrected chi connectivity index (χ0v) is 13.2. The van der Waals surface area contributed by atoms with Crippen molar-refractivity contribution >= 4 is 16.5 Å². The van der Waals surface area contributed by atoms with Gasteiger partial charge in [-0.05, 0) is 33.2 Å². The molecule has 0 saturated heterocycles. The van der Waals surface area contributed by atoms with Crippen LogP contribution in [0.3, 0.4) is 0 Å². The predicted molar refractivity (Wildman–Crippen MR) is 81.6 cm³/mol. The fraction of sp³-hybridized carbons (Fsp3) is 0.786. The van der Waals surface area contributed by atoms with Gasteiger partial charge in [0.15, 0.2) is 5.13 Å². The monoisotopic (exact) mass is 269 g/mol. The maximum absolute atomic E-state index is 4.80. The molecule has 4 heteroatoms. The van der Waals surface area contributed by atoms with E-state index in [0.29, 0.717) is 6.04 Å². The first-order chi connectivity index (χ1) is 8.60. The minimum atomic E-state index is 0.502. The first-order valence-electron chi connectivity index (χ1n) is 7.02. The molecule has 0 atom stereocenters. The lowest BCUT2D eigenvalue weighted by Gasteiger charge is -2.19. The van der Waals surface area contributed by atoms with Gasteiger partial charge in [-0.15, -0.1) is 11.3 Å². The van der Waals surface area contributed by atoms with Crippen molar-refractivity contribution < 1.29 is 0 Å². The van der Waals surface area contributed by atoms with E-state index in [1.807, 2.05) is 11.3 Å². The topological polar surface area (TPSA) is 28.2 Å². The van der Waals surface area contributed by atoms with Crippen LogP contribution in [-0.2, 0) is 13.0 Å². The zero-order valence-electron chi connectivity index (χ0n) is 12.4. The summed E-state index contributed by atoms with van der Waals surface area (Å²) in [5.41, 5.74) is 1.29. The van der Waals surface area contributed by atoms with E-state index in [1.54, 1.807) is 0 Å². The van der Waals surface area contributed by atoms with Gasteiger partial charge in [-0.25, -0.2) is 4.98 Å². The molecule has 1 aromatic rings. The zero-order chi connectivity index (χ0) is 13.5. The Balaban J connectivity index is 2.79. The van der Waals surface area contributed by atoms with Crippen LogP contribution < -0.4 is 10.2 Å². The number of nitrogens with zero attached hydrogens (tertiary/aromatic N) is 2. The third kappa shape index (κ3) is 4.25. The number of nitrogens with one attached hydrogen (secondary N) is 1. The van der Waals surface area contributed by atoms with Gasteiger partial charge >= 0.3 is 0 Å². The first-order valence-corrected chi connectivity index (χ1v) is 7.83. The molecular weight excluding hydrogens is 242 g/mol. The molecule has 1 N–H and O–H groups in total. The molecule has 1 aromatic heterocycles. The lowest BCUT2D eigenvalue weighted by Crippen LogP contribution is -2.25. The number of hydrogen-bond acceptors (Lipinski definition) is 4. The summed E-state index contributed by atoms with van der Waals surface area (Å²) in [6.45, 7) is 10.9. The Morgan fingerprint density at radius 2 is 2.00 bits per heavy atom. The largest absolute Gasteiger partial charge is 0.349 e. The number of rotatable bonds is 8. The van der Waals surface area contributed by atoms with Crippen LogP contribution in [0, 0.1) is 0 Å². The van der Waals surface area contributed by atoms with E-state index < -0.39 is 0 Å². The fourth-order valence-electron chi connectivity index (χ4n) is 1.69. The third-order valence-electron chi connectivity index (χ3n) is 3.04. The molecule has 0 aromatic carbocycles. The van der Waals surface area contributed by atoms with Gasteiger partial charge in [0, 0.05) is 24.5 Å². The van der Waals surface area contributed by atoms with Crippen molar-refractivity contribution in [1.82, 2.24) is 10.3 Å². The van der Waals surface area contributed by atoms with Crippen LogP contribution in [0.25, 0.3) is 0 Å². The molecule has 0 spiro atoms. The van der Waals surface area contributed by atoms with E-state index in [-0.39, 0.29) is 0 Å². The Hall–Kier alpha value is -0.610. The van der Waals surface area contributed by atoms with Gasteiger partial charge in [0.1, 0.15) is 0 Å². The Morgan fingerprint density at radius 1 is 1.28 bits per heavy atom. The smallest absolute Gasteiger partial charge is 0.185 e. The van der Waals surface area contributed by atoms with Crippen molar-refractivity contribution in [3.63, 3.8) is 0 Å². The molecule has 104 valence electrons. The molecular formula is C14H27N3S. The summed E-state index contributed by atoms with van der Waals surface area (Å²) >= 11 is 1.84.